The van der Waals surface area contributed by atoms with Gasteiger partial charge in [-0.25, -0.2) is 4.68 Å². The number of hydrogen-bond donors (Lipinski definition) is 1. The SMILES string of the molecule is Cc1nn(-c2ccccc2)c(NC(=O)COC(C)C)c1Cl. The molecule has 0 radical (unpaired) electrons. The summed E-state index contributed by atoms with van der Waals surface area (Å²) in [6.07, 6.45) is -0.00741. The lowest BCUT2D eigenvalue weighted by molar-refractivity contribution is -0.122. The number of aryl methyl sites for hydroxylation is 1. The third kappa shape index (κ3) is 3.83. The van der Waals surface area contributed by atoms with Gasteiger partial charge in [0.05, 0.1) is 17.5 Å². The molecular weight excluding hydrogens is 290 g/mol. The van der Waals surface area contributed by atoms with Gasteiger partial charge in [0, 0.05) is 0 Å². The molecule has 1 amide bonds. The highest BCUT2D eigenvalue weighted by Crippen LogP contribution is 2.28. The van der Waals surface area contributed by atoms with E-state index in [2.05, 4.69) is 10.4 Å². The molecule has 1 aromatic heterocycles. The molecule has 2 aromatic rings. The predicted octanol–water partition coefficient (Wildman–Crippen LogP) is 3.20. The fraction of sp³-hybridized carbons (Fsp3) is 0.333. The summed E-state index contributed by atoms with van der Waals surface area (Å²) in [5.74, 6) is 0.195. The van der Waals surface area contributed by atoms with E-state index in [1.807, 2.05) is 44.2 Å². The van der Waals surface area contributed by atoms with Gasteiger partial charge >= 0.3 is 0 Å². The minimum absolute atomic E-state index is 0.00741. The standard InChI is InChI=1S/C15H18ClN3O2/c1-10(2)21-9-13(20)17-15-14(16)11(3)18-19(15)12-7-5-4-6-8-12/h4-8,10H,9H2,1-3H3,(H,17,20). The van der Waals surface area contributed by atoms with Crippen molar-refractivity contribution in [2.45, 2.75) is 26.9 Å². The van der Waals surface area contributed by atoms with E-state index < -0.39 is 0 Å². The highest BCUT2D eigenvalue weighted by atomic mass is 35.5. The number of rotatable bonds is 5. The molecule has 0 spiro atoms. The normalized spacial score (nSPS) is 10.9. The summed E-state index contributed by atoms with van der Waals surface area (Å²) in [6.45, 7) is 5.52. The van der Waals surface area contributed by atoms with E-state index in [0.29, 0.717) is 16.5 Å². The summed E-state index contributed by atoms with van der Waals surface area (Å²) in [5.41, 5.74) is 1.48. The third-order valence-electron chi connectivity index (χ3n) is 2.79. The molecule has 5 nitrogen and oxygen atoms in total. The second-order valence-electron chi connectivity index (χ2n) is 4.90. The summed E-state index contributed by atoms with van der Waals surface area (Å²) in [4.78, 5) is 11.9. The molecule has 0 fully saturated rings. The number of aromatic nitrogens is 2. The average Bonchev–Trinajstić information content (AvgIpc) is 2.74. The first kappa shape index (κ1) is 15.5. The molecule has 6 heteroatoms. The number of halogens is 1. The fourth-order valence-electron chi connectivity index (χ4n) is 1.78. The van der Waals surface area contributed by atoms with Crippen LogP contribution in [-0.2, 0) is 9.53 Å². The van der Waals surface area contributed by atoms with E-state index in [1.54, 1.807) is 11.6 Å². The van der Waals surface area contributed by atoms with Crippen LogP contribution in [0.1, 0.15) is 19.5 Å². The molecule has 0 atom stereocenters. The van der Waals surface area contributed by atoms with Crippen LogP contribution in [0.5, 0.6) is 0 Å². The van der Waals surface area contributed by atoms with Crippen LogP contribution in [0.3, 0.4) is 0 Å². The van der Waals surface area contributed by atoms with Gasteiger partial charge in [-0.3, -0.25) is 4.79 Å². The van der Waals surface area contributed by atoms with Crippen LogP contribution in [-0.4, -0.2) is 28.4 Å². The van der Waals surface area contributed by atoms with Crippen LogP contribution >= 0.6 is 11.6 Å². The summed E-state index contributed by atoms with van der Waals surface area (Å²) in [6, 6.07) is 9.49. The van der Waals surface area contributed by atoms with E-state index in [9.17, 15) is 4.79 Å². The average molecular weight is 308 g/mol. The lowest BCUT2D eigenvalue weighted by Gasteiger charge is -2.11. The second-order valence-corrected chi connectivity index (χ2v) is 5.28. The predicted molar refractivity (Wildman–Crippen MR) is 83.0 cm³/mol. The van der Waals surface area contributed by atoms with Crippen LogP contribution in [0.2, 0.25) is 5.02 Å². The monoisotopic (exact) mass is 307 g/mol. The van der Waals surface area contributed by atoms with Crippen molar-refractivity contribution in [1.82, 2.24) is 9.78 Å². The van der Waals surface area contributed by atoms with Gasteiger partial charge in [0.15, 0.2) is 5.82 Å². The molecule has 0 saturated heterocycles. The first-order chi connectivity index (χ1) is 9.99. The van der Waals surface area contributed by atoms with Crippen molar-refractivity contribution in [2.24, 2.45) is 0 Å². The maximum atomic E-state index is 11.9. The summed E-state index contributed by atoms with van der Waals surface area (Å²) >= 11 is 6.23. The Morgan fingerprint density at radius 1 is 1.38 bits per heavy atom. The zero-order valence-electron chi connectivity index (χ0n) is 12.3. The largest absolute Gasteiger partial charge is 0.369 e. The molecule has 1 aromatic carbocycles. The lowest BCUT2D eigenvalue weighted by Crippen LogP contribution is -2.22. The molecule has 0 aliphatic rings. The molecule has 1 N–H and O–H groups in total. The van der Waals surface area contributed by atoms with E-state index in [0.717, 1.165) is 5.69 Å². The summed E-state index contributed by atoms with van der Waals surface area (Å²) in [5, 5.41) is 7.54. The quantitative estimate of drug-likeness (QED) is 0.923. The Hall–Kier alpha value is -1.85. The molecule has 0 unspecified atom stereocenters. The number of carbonyl (C=O) groups is 1. The van der Waals surface area contributed by atoms with Crippen molar-refractivity contribution in [2.75, 3.05) is 11.9 Å². The number of carbonyl (C=O) groups excluding carboxylic acids is 1. The molecule has 0 bridgehead atoms. The number of nitrogens with one attached hydrogen (secondary N) is 1. The summed E-state index contributed by atoms with van der Waals surface area (Å²) < 4.78 is 6.90. The van der Waals surface area contributed by atoms with E-state index in [1.165, 1.54) is 0 Å². The Kier molecular flexibility index (Phi) is 4.98. The first-order valence-electron chi connectivity index (χ1n) is 6.71. The Balaban J connectivity index is 2.25. The summed E-state index contributed by atoms with van der Waals surface area (Å²) in [7, 11) is 0. The highest BCUT2D eigenvalue weighted by molar-refractivity contribution is 6.34. The van der Waals surface area contributed by atoms with Crippen molar-refractivity contribution >= 4 is 23.3 Å². The number of benzene rings is 1. The van der Waals surface area contributed by atoms with Crippen LogP contribution < -0.4 is 5.32 Å². The van der Waals surface area contributed by atoms with Crippen molar-refractivity contribution in [3.05, 3.63) is 41.0 Å². The number of amides is 1. The third-order valence-corrected chi connectivity index (χ3v) is 3.25. The minimum atomic E-state index is -0.261. The number of para-hydroxylation sites is 1. The van der Waals surface area contributed by atoms with E-state index in [4.69, 9.17) is 16.3 Å². The van der Waals surface area contributed by atoms with Gasteiger partial charge < -0.3 is 10.1 Å². The van der Waals surface area contributed by atoms with Gasteiger partial charge in [-0.1, -0.05) is 29.8 Å². The number of nitrogens with zero attached hydrogens (tertiary/aromatic N) is 2. The minimum Gasteiger partial charge on any atom is -0.369 e. The van der Waals surface area contributed by atoms with Gasteiger partial charge in [0.2, 0.25) is 0 Å². The van der Waals surface area contributed by atoms with Crippen LogP contribution in [0, 0.1) is 6.92 Å². The number of hydrogen-bond acceptors (Lipinski definition) is 3. The Morgan fingerprint density at radius 2 is 2.05 bits per heavy atom. The first-order valence-corrected chi connectivity index (χ1v) is 7.09. The molecule has 0 aliphatic carbocycles. The molecule has 0 aliphatic heterocycles. The highest BCUT2D eigenvalue weighted by Gasteiger charge is 2.17. The van der Waals surface area contributed by atoms with Gasteiger partial charge in [-0.15, -0.1) is 0 Å². The van der Waals surface area contributed by atoms with Gasteiger partial charge in [-0.2, -0.15) is 5.10 Å². The van der Waals surface area contributed by atoms with Gasteiger partial charge in [-0.05, 0) is 32.9 Å². The Bertz CT molecular complexity index is 623. The molecule has 112 valence electrons. The molecule has 1 heterocycles. The molecular formula is C15H18ClN3O2. The van der Waals surface area contributed by atoms with Gasteiger partial charge in [0.25, 0.3) is 5.91 Å². The van der Waals surface area contributed by atoms with E-state index >= 15 is 0 Å². The van der Waals surface area contributed by atoms with Crippen LogP contribution in [0.15, 0.2) is 30.3 Å². The smallest absolute Gasteiger partial charge is 0.251 e. The van der Waals surface area contributed by atoms with E-state index in [-0.39, 0.29) is 18.6 Å². The van der Waals surface area contributed by atoms with Gasteiger partial charge in [0.1, 0.15) is 11.6 Å². The van der Waals surface area contributed by atoms with Crippen molar-refractivity contribution in [3.63, 3.8) is 0 Å². The molecule has 21 heavy (non-hydrogen) atoms. The zero-order chi connectivity index (χ0) is 15.4. The second kappa shape index (κ2) is 6.74. The maximum absolute atomic E-state index is 11.9. The van der Waals surface area contributed by atoms with Crippen LogP contribution in [0.25, 0.3) is 5.69 Å². The fourth-order valence-corrected chi connectivity index (χ4v) is 1.95. The zero-order valence-corrected chi connectivity index (χ0v) is 13.0. The lowest BCUT2D eigenvalue weighted by atomic mass is 10.3. The Labute approximate surface area is 128 Å². The number of anilines is 1. The molecule has 0 saturated carbocycles. The topological polar surface area (TPSA) is 56.2 Å². The Morgan fingerprint density at radius 3 is 2.67 bits per heavy atom. The van der Waals surface area contributed by atoms with Crippen molar-refractivity contribution in [3.8, 4) is 5.69 Å². The maximum Gasteiger partial charge on any atom is 0.251 e. The van der Waals surface area contributed by atoms with Crippen molar-refractivity contribution in [1.29, 1.82) is 0 Å². The number of ether oxygens (including phenoxy) is 1. The molecule has 2 rings (SSSR count). The van der Waals surface area contributed by atoms with Crippen molar-refractivity contribution < 1.29 is 9.53 Å². The van der Waals surface area contributed by atoms with Crippen LogP contribution in [0.4, 0.5) is 5.82 Å².